The fourth-order valence-electron chi connectivity index (χ4n) is 3.53. The fourth-order valence-corrected chi connectivity index (χ4v) is 3.53. The van der Waals surface area contributed by atoms with E-state index >= 15 is 0 Å². The summed E-state index contributed by atoms with van der Waals surface area (Å²) in [4.78, 5) is 24.2. The van der Waals surface area contributed by atoms with Gasteiger partial charge < -0.3 is 4.74 Å². The SMILES string of the molecule is CCC(=O)OCC(=O)N1N=C(c2ccc3ccccc3c2)CC1c1ccccc1. The van der Waals surface area contributed by atoms with Gasteiger partial charge in [-0.1, -0.05) is 73.7 Å². The number of benzene rings is 3. The van der Waals surface area contributed by atoms with Crippen molar-refractivity contribution < 1.29 is 14.3 Å². The van der Waals surface area contributed by atoms with E-state index in [1.807, 2.05) is 48.5 Å². The molecule has 0 saturated heterocycles. The van der Waals surface area contributed by atoms with Crippen molar-refractivity contribution in [2.24, 2.45) is 5.10 Å². The number of esters is 1. The van der Waals surface area contributed by atoms with Crippen LogP contribution in [0, 0.1) is 0 Å². The second kappa shape index (κ2) is 8.27. The normalized spacial score (nSPS) is 16.0. The maximum absolute atomic E-state index is 12.8. The summed E-state index contributed by atoms with van der Waals surface area (Å²) in [5.41, 5.74) is 2.84. The van der Waals surface area contributed by atoms with Gasteiger partial charge in [-0.25, -0.2) is 5.01 Å². The highest BCUT2D eigenvalue weighted by Gasteiger charge is 2.33. The Morgan fingerprint density at radius 1 is 1.00 bits per heavy atom. The Morgan fingerprint density at radius 2 is 1.72 bits per heavy atom. The lowest BCUT2D eigenvalue weighted by molar-refractivity contribution is -0.152. The van der Waals surface area contributed by atoms with E-state index in [1.54, 1.807) is 6.92 Å². The summed E-state index contributed by atoms with van der Waals surface area (Å²) < 4.78 is 5.05. The maximum atomic E-state index is 12.8. The molecule has 29 heavy (non-hydrogen) atoms. The van der Waals surface area contributed by atoms with E-state index in [9.17, 15) is 9.59 Å². The van der Waals surface area contributed by atoms with Crippen LogP contribution in [0.15, 0.2) is 77.9 Å². The molecule has 0 spiro atoms. The molecule has 1 aliphatic heterocycles. The summed E-state index contributed by atoms with van der Waals surface area (Å²) in [5, 5.41) is 8.39. The van der Waals surface area contributed by atoms with Gasteiger partial charge in [-0.15, -0.1) is 0 Å². The molecule has 0 N–H and O–H groups in total. The number of nitrogens with zero attached hydrogens (tertiary/aromatic N) is 2. The van der Waals surface area contributed by atoms with E-state index in [0.29, 0.717) is 6.42 Å². The Bertz CT molecular complexity index is 1080. The van der Waals surface area contributed by atoms with Crippen LogP contribution in [0.3, 0.4) is 0 Å². The molecule has 0 saturated carbocycles. The second-order valence-electron chi connectivity index (χ2n) is 6.99. The zero-order valence-electron chi connectivity index (χ0n) is 16.2. The van der Waals surface area contributed by atoms with Crippen molar-refractivity contribution in [1.82, 2.24) is 5.01 Å². The minimum absolute atomic E-state index is 0.217. The zero-order chi connectivity index (χ0) is 20.2. The topological polar surface area (TPSA) is 59.0 Å². The van der Waals surface area contributed by atoms with Crippen LogP contribution in [0.5, 0.6) is 0 Å². The van der Waals surface area contributed by atoms with Gasteiger partial charge in [0.25, 0.3) is 5.91 Å². The van der Waals surface area contributed by atoms with Crippen LogP contribution in [0.1, 0.15) is 36.9 Å². The van der Waals surface area contributed by atoms with Crippen molar-refractivity contribution in [2.75, 3.05) is 6.61 Å². The minimum Gasteiger partial charge on any atom is -0.455 e. The quantitative estimate of drug-likeness (QED) is 0.608. The fraction of sp³-hybridized carbons (Fsp3) is 0.208. The van der Waals surface area contributed by atoms with Gasteiger partial charge in [-0.2, -0.15) is 5.10 Å². The molecule has 0 radical (unpaired) electrons. The van der Waals surface area contributed by atoms with Crippen LogP contribution in [0.25, 0.3) is 10.8 Å². The molecule has 1 atom stereocenters. The van der Waals surface area contributed by atoms with Crippen LogP contribution < -0.4 is 0 Å². The molecule has 0 bridgehead atoms. The van der Waals surface area contributed by atoms with E-state index in [1.165, 1.54) is 5.01 Å². The molecular weight excluding hydrogens is 364 g/mol. The number of hydrogen-bond acceptors (Lipinski definition) is 4. The number of fused-ring (bicyclic) bond motifs is 1. The Kier molecular flexibility index (Phi) is 5.38. The molecule has 1 unspecified atom stereocenters. The van der Waals surface area contributed by atoms with Crippen molar-refractivity contribution >= 4 is 28.4 Å². The molecule has 1 aliphatic rings. The highest BCUT2D eigenvalue weighted by Crippen LogP contribution is 2.33. The molecule has 0 fully saturated rings. The predicted molar refractivity (Wildman–Crippen MR) is 112 cm³/mol. The third-order valence-corrected chi connectivity index (χ3v) is 5.08. The first-order valence-corrected chi connectivity index (χ1v) is 9.75. The van der Waals surface area contributed by atoms with Gasteiger partial charge in [0.1, 0.15) is 0 Å². The monoisotopic (exact) mass is 386 g/mol. The first-order chi connectivity index (χ1) is 14.2. The van der Waals surface area contributed by atoms with Crippen molar-refractivity contribution in [1.29, 1.82) is 0 Å². The standard InChI is InChI=1S/C24H22N2O3/c1-2-24(28)29-16-23(27)26-22(18-9-4-3-5-10-18)15-21(25-26)20-13-12-17-8-6-7-11-19(17)14-20/h3-14,22H,2,15-16H2,1H3. The third kappa shape index (κ3) is 4.04. The maximum Gasteiger partial charge on any atom is 0.306 e. The molecule has 0 aliphatic carbocycles. The van der Waals surface area contributed by atoms with Crippen LogP contribution in [0.2, 0.25) is 0 Å². The second-order valence-corrected chi connectivity index (χ2v) is 6.99. The molecule has 5 nitrogen and oxygen atoms in total. The Hall–Kier alpha value is -3.47. The molecule has 5 heteroatoms. The summed E-state index contributed by atoms with van der Waals surface area (Å²) in [6.45, 7) is 1.40. The molecule has 3 aromatic carbocycles. The highest BCUT2D eigenvalue weighted by molar-refractivity contribution is 6.05. The van der Waals surface area contributed by atoms with Gasteiger partial charge in [-0.3, -0.25) is 9.59 Å². The number of carbonyl (C=O) groups is 2. The molecule has 1 heterocycles. The third-order valence-electron chi connectivity index (χ3n) is 5.08. The van der Waals surface area contributed by atoms with Gasteiger partial charge >= 0.3 is 5.97 Å². The van der Waals surface area contributed by atoms with Gasteiger partial charge in [0.15, 0.2) is 6.61 Å². The highest BCUT2D eigenvalue weighted by atomic mass is 16.5. The smallest absolute Gasteiger partial charge is 0.306 e. The van der Waals surface area contributed by atoms with Crippen molar-refractivity contribution in [3.05, 3.63) is 83.9 Å². The predicted octanol–water partition coefficient (Wildman–Crippen LogP) is 4.47. The lowest BCUT2D eigenvalue weighted by atomic mass is 9.97. The Balaban J connectivity index is 1.65. The Morgan fingerprint density at radius 3 is 2.48 bits per heavy atom. The lowest BCUT2D eigenvalue weighted by Gasteiger charge is -2.21. The summed E-state index contributed by atoms with van der Waals surface area (Å²) in [7, 11) is 0. The van der Waals surface area contributed by atoms with E-state index in [2.05, 4.69) is 29.4 Å². The van der Waals surface area contributed by atoms with Crippen LogP contribution >= 0.6 is 0 Å². The molecule has 1 amide bonds. The summed E-state index contributed by atoms with van der Waals surface area (Å²) >= 11 is 0. The van der Waals surface area contributed by atoms with E-state index < -0.39 is 5.97 Å². The van der Waals surface area contributed by atoms with Crippen molar-refractivity contribution in [3.63, 3.8) is 0 Å². The van der Waals surface area contributed by atoms with Crippen LogP contribution in [-0.4, -0.2) is 29.2 Å². The minimum atomic E-state index is -0.396. The van der Waals surface area contributed by atoms with E-state index in [0.717, 1.165) is 27.6 Å². The molecule has 3 aromatic rings. The van der Waals surface area contributed by atoms with E-state index in [-0.39, 0.29) is 25.0 Å². The Labute approximate surface area is 169 Å². The largest absolute Gasteiger partial charge is 0.455 e. The number of rotatable bonds is 5. The average molecular weight is 386 g/mol. The van der Waals surface area contributed by atoms with Gasteiger partial charge in [0.05, 0.1) is 11.8 Å². The number of ether oxygens (including phenoxy) is 1. The number of hydrazone groups is 1. The van der Waals surface area contributed by atoms with Crippen LogP contribution in [-0.2, 0) is 14.3 Å². The molecule has 4 rings (SSSR count). The summed E-state index contributed by atoms with van der Waals surface area (Å²) in [5.74, 6) is -0.719. The van der Waals surface area contributed by atoms with Crippen molar-refractivity contribution in [3.8, 4) is 0 Å². The molecule has 146 valence electrons. The van der Waals surface area contributed by atoms with E-state index in [4.69, 9.17) is 4.74 Å². The zero-order valence-corrected chi connectivity index (χ0v) is 16.2. The molecular formula is C24H22N2O3. The van der Waals surface area contributed by atoms with Crippen molar-refractivity contribution in [2.45, 2.75) is 25.8 Å². The summed E-state index contributed by atoms with van der Waals surface area (Å²) in [6, 6.07) is 24.0. The van der Waals surface area contributed by atoms with Gasteiger partial charge in [0, 0.05) is 12.8 Å². The molecule has 0 aromatic heterocycles. The number of amides is 1. The average Bonchev–Trinajstić information content (AvgIpc) is 3.23. The lowest BCUT2D eigenvalue weighted by Crippen LogP contribution is -2.31. The number of carbonyl (C=O) groups excluding carboxylic acids is 2. The van der Waals surface area contributed by atoms with Gasteiger partial charge in [0.2, 0.25) is 0 Å². The van der Waals surface area contributed by atoms with Gasteiger partial charge in [-0.05, 0) is 28.0 Å². The first-order valence-electron chi connectivity index (χ1n) is 9.75. The van der Waals surface area contributed by atoms with Crippen LogP contribution in [0.4, 0.5) is 0 Å². The summed E-state index contributed by atoms with van der Waals surface area (Å²) in [6.07, 6.45) is 0.844. The first kappa shape index (κ1) is 18.9. The number of hydrogen-bond donors (Lipinski definition) is 0.